The third-order valence-corrected chi connectivity index (χ3v) is 4.08. The lowest BCUT2D eigenvalue weighted by atomic mass is 10.1. The van der Waals surface area contributed by atoms with Crippen LogP contribution in [-0.4, -0.2) is 22.8 Å². The minimum atomic E-state index is 0.0239. The summed E-state index contributed by atoms with van der Waals surface area (Å²) < 4.78 is 5.41. The SMILES string of the molecule is CCNC(=NCc1ccccc1CO)NCc1c(CC)noc1CC. The van der Waals surface area contributed by atoms with E-state index in [1.54, 1.807) is 0 Å². The van der Waals surface area contributed by atoms with Gasteiger partial charge in [0.1, 0.15) is 5.76 Å². The van der Waals surface area contributed by atoms with Gasteiger partial charge in [-0.05, 0) is 24.5 Å². The molecule has 0 saturated carbocycles. The first-order chi connectivity index (χ1) is 12.2. The number of benzene rings is 1. The van der Waals surface area contributed by atoms with Gasteiger partial charge in [0.05, 0.1) is 18.8 Å². The molecule has 0 spiro atoms. The quantitative estimate of drug-likeness (QED) is 0.506. The zero-order valence-corrected chi connectivity index (χ0v) is 15.3. The van der Waals surface area contributed by atoms with Crippen LogP contribution >= 0.6 is 0 Å². The lowest BCUT2D eigenvalue weighted by Gasteiger charge is -2.12. The Hall–Kier alpha value is -2.34. The Morgan fingerprint density at radius 1 is 1.12 bits per heavy atom. The molecule has 0 unspecified atom stereocenters. The number of aliphatic hydroxyl groups excluding tert-OH is 1. The van der Waals surface area contributed by atoms with Gasteiger partial charge >= 0.3 is 0 Å². The number of hydrogen-bond acceptors (Lipinski definition) is 4. The third kappa shape index (κ3) is 5.06. The Balaban J connectivity index is 2.09. The molecule has 3 N–H and O–H groups in total. The van der Waals surface area contributed by atoms with Crippen LogP contribution in [0.5, 0.6) is 0 Å². The molecule has 0 aliphatic rings. The second kappa shape index (κ2) is 9.84. The average Bonchev–Trinajstić information content (AvgIpc) is 3.06. The Morgan fingerprint density at radius 3 is 2.52 bits per heavy atom. The van der Waals surface area contributed by atoms with Crippen molar-refractivity contribution >= 4 is 5.96 Å². The zero-order valence-electron chi connectivity index (χ0n) is 15.3. The van der Waals surface area contributed by atoms with Crippen LogP contribution in [-0.2, 0) is 32.5 Å². The van der Waals surface area contributed by atoms with Crippen molar-refractivity contribution in [2.24, 2.45) is 4.99 Å². The molecule has 1 aromatic heterocycles. The zero-order chi connectivity index (χ0) is 18.1. The fraction of sp³-hybridized carbons (Fsp3) is 0.474. The van der Waals surface area contributed by atoms with Crippen LogP contribution < -0.4 is 10.6 Å². The minimum absolute atomic E-state index is 0.0239. The van der Waals surface area contributed by atoms with Gasteiger partial charge in [-0.15, -0.1) is 0 Å². The molecular formula is C19H28N4O2. The van der Waals surface area contributed by atoms with E-state index >= 15 is 0 Å². The molecule has 0 atom stereocenters. The molecule has 1 heterocycles. The van der Waals surface area contributed by atoms with Crippen molar-refractivity contribution in [2.45, 2.75) is 53.3 Å². The second-order valence-corrected chi connectivity index (χ2v) is 5.71. The van der Waals surface area contributed by atoms with E-state index in [1.807, 2.05) is 31.2 Å². The Labute approximate surface area is 149 Å². The molecule has 136 valence electrons. The summed E-state index contributed by atoms with van der Waals surface area (Å²) in [5, 5.41) is 20.2. The van der Waals surface area contributed by atoms with Crippen molar-refractivity contribution in [2.75, 3.05) is 6.54 Å². The number of aromatic nitrogens is 1. The molecule has 6 nitrogen and oxygen atoms in total. The molecule has 2 rings (SSSR count). The first kappa shape index (κ1) is 19.0. The Bertz CT molecular complexity index is 673. The van der Waals surface area contributed by atoms with Crippen LogP contribution in [0, 0.1) is 0 Å². The van der Waals surface area contributed by atoms with Crippen LogP contribution in [0.1, 0.15) is 48.9 Å². The summed E-state index contributed by atoms with van der Waals surface area (Å²) in [6, 6.07) is 7.79. The van der Waals surface area contributed by atoms with Crippen molar-refractivity contribution < 1.29 is 9.63 Å². The number of aliphatic hydroxyl groups is 1. The summed E-state index contributed by atoms with van der Waals surface area (Å²) >= 11 is 0. The van der Waals surface area contributed by atoms with Crippen molar-refractivity contribution in [3.8, 4) is 0 Å². The molecule has 0 aliphatic carbocycles. The van der Waals surface area contributed by atoms with E-state index in [0.717, 1.165) is 53.5 Å². The van der Waals surface area contributed by atoms with E-state index in [0.29, 0.717) is 13.1 Å². The number of aryl methyl sites for hydroxylation is 2. The van der Waals surface area contributed by atoms with Gasteiger partial charge in [0.25, 0.3) is 0 Å². The lowest BCUT2D eigenvalue weighted by molar-refractivity contribution is 0.280. The monoisotopic (exact) mass is 344 g/mol. The van der Waals surface area contributed by atoms with E-state index in [2.05, 4.69) is 34.6 Å². The number of nitrogens with zero attached hydrogens (tertiary/aromatic N) is 2. The molecule has 2 aromatic rings. The minimum Gasteiger partial charge on any atom is -0.392 e. The van der Waals surface area contributed by atoms with Gasteiger partial charge in [0.2, 0.25) is 0 Å². The van der Waals surface area contributed by atoms with Gasteiger partial charge in [-0.25, -0.2) is 4.99 Å². The standard InChI is InChI=1S/C19H28N4O2/c1-4-17-16(18(5-2)25-23-17)12-22-19(20-6-3)21-11-14-9-7-8-10-15(14)13-24/h7-10,24H,4-6,11-13H2,1-3H3,(H2,20,21,22). The fourth-order valence-corrected chi connectivity index (χ4v) is 2.68. The maximum Gasteiger partial charge on any atom is 0.191 e. The highest BCUT2D eigenvalue weighted by atomic mass is 16.5. The van der Waals surface area contributed by atoms with E-state index in [9.17, 15) is 5.11 Å². The first-order valence-electron chi connectivity index (χ1n) is 8.89. The number of hydrogen-bond donors (Lipinski definition) is 3. The fourth-order valence-electron chi connectivity index (χ4n) is 2.68. The number of aliphatic imine (C=N–C) groups is 1. The van der Waals surface area contributed by atoms with Crippen LogP contribution in [0.3, 0.4) is 0 Å². The topological polar surface area (TPSA) is 82.7 Å². The highest BCUT2D eigenvalue weighted by Crippen LogP contribution is 2.15. The molecule has 1 aromatic carbocycles. The first-order valence-corrected chi connectivity index (χ1v) is 8.89. The predicted octanol–water partition coefficient (Wildman–Crippen LogP) is 2.55. The summed E-state index contributed by atoms with van der Waals surface area (Å²) in [6.07, 6.45) is 1.67. The van der Waals surface area contributed by atoms with Crippen LogP contribution in [0.15, 0.2) is 33.8 Å². The lowest BCUT2D eigenvalue weighted by Crippen LogP contribution is -2.37. The Morgan fingerprint density at radius 2 is 1.88 bits per heavy atom. The number of guanidine groups is 1. The van der Waals surface area contributed by atoms with Crippen LogP contribution in [0.2, 0.25) is 0 Å². The predicted molar refractivity (Wildman–Crippen MR) is 99.3 cm³/mol. The van der Waals surface area contributed by atoms with Gasteiger partial charge in [-0.3, -0.25) is 0 Å². The Kier molecular flexibility index (Phi) is 7.47. The van der Waals surface area contributed by atoms with E-state index in [-0.39, 0.29) is 6.61 Å². The highest BCUT2D eigenvalue weighted by Gasteiger charge is 2.13. The molecule has 0 bridgehead atoms. The summed E-state index contributed by atoms with van der Waals surface area (Å²) in [4.78, 5) is 4.64. The van der Waals surface area contributed by atoms with E-state index in [4.69, 9.17) is 4.52 Å². The molecule has 0 radical (unpaired) electrons. The summed E-state index contributed by atoms with van der Waals surface area (Å²) in [5.74, 6) is 1.66. The van der Waals surface area contributed by atoms with Crippen LogP contribution in [0.4, 0.5) is 0 Å². The van der Waals surface area contributed by atoms with Gasteiger partial charge in [0.15, 0.2) is 5.96 Å². The van der Waals surface area contributed by atoms with Gasteiger partial charge in [-0.1, -0.05) is 43.3 Å². The smallest absolute Gasteiger partial charge is 0.191 e. The molecule has 0 fully saturated rings. The van der Waals surface area contributed by atoms with Gasteiger partial charge in [0, 0.05) is 25.1 Å². The summed E-state index contributed by atoms with van der Waals surface area (Å²) in [5.41, 5.74) is 4.04. The van der Waals surface area contributed by atoms with Crippen molar-refractivity contribution in [1.82, 2.24) is 15.8 Å². The van der Waals surface area contributed by atoms with Crippen LogP contribution in [0.25, 0.3) is 0 Å². The summed E-state index contributed by atoms with van der Waals surface area (Å²) in [7, 11) is 0. The highest BCUT2D eigenvalue weighted by molar-refractivity contribution is 5.79. The molecule has 0 amide bonds. The van der Waals surface area contributed by atoms with Gasteiger partial charge < -0.3 is 20.3 Å². The van der Waals surface area contributed by atoms with Crippen molar-refractivity contribution in [3.05, 3.63) is 52.4 Å². The average molecular weight is 344 g/mol. The maximum atomic E-state index is 9.43. The van der Waals surface area contributed by atoms with E-state index in [1.165, 1.54) is 0 Å². The number of rotatable bonds is 8. The van der Waals surface area contributed by atoms with Crippen molar-refractivity contribution in [1.29, 1.82) is 0 Å². The van der Waals surface area contributed by atoms with Gasteiger partial charge in [-0.2, -0.15) is 0 Å². The largest absolute Gasteiger partial charge is 0.392 e. The van der Waals surface area contributed by atoms with Crippen molar-refractivity contribution in [3.63, 3.8) is 0 Å². The second-order valence-electron chi connectivity index (χ2n) is 5.71. The number of nitrogens with one attached hydrogen (secondary N) is 2. The maximum absolute atomic E-state index is 9.43. The molecule has 6 heteroatoms. The molecule has 25 heavy (non-hydrogen) atoms. The molecule has 0 aliphatic heterocycles. The van der Waals surface area contributed by atoms with E-state index < -0.39 is 0 Å². The third-order valence-electron chi connectivity index (χ3n) is 4.08. The summed E-state index contributed by atoms with van der Waals surface area (Å²) in [6.45, 7) is 8.11. The normalized spacial score (nSPS) is 11.6. The molecule has 0 saturated heterocycles. The molecular weight excluding hydrogens is 316 g/mol.